The van der Waals surface area contributed by atoms with Crippen LogP contribution >= 0.6 is 0 Å². The lowest BCUT2D eigenvalue weighted by Gasteiger charge is -2.18. The van der Waals surface area contributed by atoms with E-state index in [2.05, 4.69) is 0 Å². The number of ether oxygens (including phenoxy) is 1. The van der Waals surface area contributed by atoms with E-state index in [1.54, 1.807) is 0 Å². The monoisotopic (exact) mass is 244 g/mol. The van der Waals surface area contributed by atoms with Crippen LogP contribution in [0.5, 0.6) is 5.75 Å². The third kappa shape index (κ3) is 2.78. The number of benzene rings is 1. The van der Waals surface area contributed by atoms with E-state index < -0.39 is 11.3 Å². The number of halogens is 1. The van der Waals surface area contributed by atoms with Gasteiger partial charge in [0.25, 0.3) is 0 Å². The van der Waals surface area contributed by atoms with Gasteiger partial charge in [0.1, 0.15) is 17.7 Å². The minimum Gasteiger partial charge on any atom is -0.760 e. The molecule has 1 aliphatic rings. The molecule has 1 aromatic carbocycles. The van der Waals surface area contributed by atoms with Gasteiger partial charge in [0.15, 0.2) is 0 Å². The number of rotatable bonds is 3. The largest absolute Gasteiger partial charge is 0.760 e. The van der Waals surface area contributed by atoms with Gasteiger partial charge in [-0.2, -0.15) is 0 Å². The van der Waals surface area contributed by atoms with E-state index in [1.165, 1.54) is 28.6 Å². The topological polar surface area (TPSA) is 52.6 Å². The van der Waals surface area contributed by atoms with Gasteiger partial charge < -0.3 is 9.29 Å². The van der Waals surface area contributed by atoms with Gasteiger partial charge in [-0.05, 0) is 30.7 Å². The predicted octanol–water partition coefficient (Wildman–Crippen LogP) is 1.07. The van der Waals surface area contributed by atoms with E-state index in [0.29, 0.717) is 25.3 Å². The highest BCUT2D eigenvalue weighted by atomic mass is 32.2. The molecule has 0 saturated carbocycles. The lowest BCUT2D eigenvalue weighted by molar-refractivity contribution is 0.215. The molecule has 4 nitrogen and oxygen atoms in total. The van der Waals surface area contributed by atoms with Crippen LogP contribution < -0.4 is 4.74 Å². The van der Waals surface area contributed by atoms with E-state index in [4.69, 9.17) is 4.74 Å². The molecule has 2 unspecified atom stereocenters. The van der Waals surface area contributed by atoms with Crippen molar-refractivity contribution in [2.75, 3.05) is 13.1 Å². The van der Waals surface area contributed by atoms with Crippen LogP contribution in [0.1, 0.15) is 6.42 Å². The van der Waals surface area contributed by atoms with Crippen molar-refractivity contribution in [1.29, 1.82) is 0 Å². The fourth-order valence-electron chi connectivity index (χ4n) is 1.63. The summed E-state index contributed by atoms with van der Waals surface area (Å²) in [7, 11) is 0. The molecule has 16 heavy (non-hydrogen) atoms. The summed E-state index contributed by atoms with van der Waals surface area (Å²) < 4.78 is 40.8. The molecule has 0 radical (unpaired) electrons. The van der Waals surface area contributed by atoms with Gasteiger partial charge in [-0.1, -0.05) is 0 Å². The van der Waals surface area contributed by atoms with E-state index >= 15 is 0 Å². The van der Waals surface area contributed by atoms with Crippen molar-refractivity contribution < 1.29 is 17.9 Å². The maximum Gasteiger partial charge on any atom is 0.123 e. The molecule has 0 aromatic heterocycles. The molecule has 1 aromatic rings. The van der Waals surface area contributed by atoms with Gasteiger partial charge in [0, 0.05) is 24.4 Å². The fraction of sp³-hybridized carbons (Fsp3) is 0.400. The molecular formula is C10H11FNO3S-. The van der Waals surface area contributed by atoms with Crippen LogP contribution in [0.2, 0.25) is 0 Å². The highest BCUT2D eigenvalue weighted by molar-refractivity contribution is 7.76. The summed E-state index contributed by atoms with van der Waals surface area (Å²) in [6, 6.07) is 5.69. The maximum atomic E-state index is 12.6. The van der Waals surface area contributed by atoms with Gasteiger partial charge in [-0.15, -0.1) is 0 Å². The first-order chi connectivity index (χ1) is 7.65. The van der Waals surface area contributed by atoms with Gasteiger partial charge >= 0.3 is 0 Å². The first-order valence-corrected chi connectivity index (χ1v) is 5.95. The second-order valence-corrected chi connectivity index (χ2v) is 4.54. The van der Waals surface area contributed by atoms with Gasteiger partial charge in [0.05, 0.1) is 0 Å². The Morgan fingerprint density at radius 2 is 2.12 bits per heavy atom. The second kappa shape index (κ2) is 4.90. The summed E-state index contributed by atoms with van der Waals surface area (Å²) in [5, 5.41) is 0. The molecule has 88 valence electrons. The van der Waals surface area contributed by atoms with Gasteiger partial charge in [0.2, 0.25) is 0 Å². The van der Waals surface area contributed by atoms with Crippen LogP contribution in [0.15, 0.2) is 24.3 Å². The molecule has 2 atom stereocenters. The summed E-state index contributed by atoms with van der Waals surface area (Å²) in [4.78, 5) is 0. The second-order valence-electron chi connectivity index (χ2n) is 3.59. The molecule has 1 aliphatic heterocycles. The van der Waals surface area contributed by atoms with Crippen LogP contribution in [-0.2, 0) is 11.3 Å². The van der Waals surface area contributed by atoms with Crippen molar-refractivity contribution in [2.45, 2.75) is 12.5 Å². The Balaban J connectivity index is 1.92. The van der Waals surface area contributed by atoms with Gasteiger partial charge in [-0.3, -0.25) is 4.21 Å². The Labute approximate surface area is 95.4 Å². The maximum absolute atomic E-state index is 12.6. The summed E-state index contributed by atoms with van der Waals surface area (Å²) in [6.07, 6.45) is 0.508. The van der Waals surface area contributed by atoms with Crippen LogP contribution in [0, 0.1) is 5.82 Å². The van der Waals surface area contributed by atoms with Crippen molar-refractivity contribution in [3.05, 3.63) is 30.1 Å². The Morgan fingerprint density at radius 1 is 1.44 bits per heavy atom. The highest BCUT2D eigenvalue weighted by Gasteiger charge is 2.24. The summed E-state index contributed by atoms with van der Waals surface area (Å²) >= 11 is -2.18. The third-order valence-electron chi connectivity index (χ3n) is 2.43. The van der Waals surface area contributed by atoms with E-state index in [1.807, 2.05) is 0 Å². The zero-order valence-corrected chi connectivity index (χ0v) is 9.28. The van der Waals surface area contributed by atoms with Crippen molar-refractivity contribution >= 4 is 11.3 Å². The van der Waals surface area contributed by atoms with Crippen LogP contribution in [-0.4, -0.2) is 32.3 Å². The molecule has 0 aliphatic carbocycles. The predicted molar refractivity (Wildman–Crippen MR) is 55.9 cm³/mol. The van der Waals surface area contributed by atoms with Crippen molar-refractivity contribution in [2.24, 2.45) is 0 Å². The Bertz CT molecular complexity index is 384. The first-order valence-electron chi connectivity index (χ1n) is 4.92. The molecular weight excluding hydrogens is 233 g/mol. The summed E-state index contributed by atoms with van der Waals surface area (Å²) in [5.41, 5.74) is 0. The fourth-order valence-corrected chi connectivity index (χ4v) is 2.18. The SMILES string of the molecule is O=S([O-])N1CCC(Oc2ccc(F)cc2)C1. The first kappa shape index (κ1) is 11.5. The average Bonchev–Trinajstić information content (AvgIpc) is 2.70. The smallest absolute Gasteiger partial charge is 0.123 e. The lowest BCUT2D eigenvalue weighted by atomic mass is 10.3. The van der Waals surface area contributed by atoms with Crippen molar-refractivity contribution in [3.8, 4) is 5.75 Å². The summed E-state index contributed by atoms with van der Waals surface area (Å²) in [6.45, 7) is 0.829. The zero-order chi connectivity index (χ0) is 11.5. The summed E-state index contributed by atoms with van der Waals surface area (Å²) in [5.74, 6) is 0.242. The van der Waals surface area contributed by atoms with Crippen LogP contribution in [0.4, 0.5) is 4.39 Å². The molecule has 0 spiro atoms. The lowest BCUT2D eigenvalue weighted by Crippen LogP contribution is -2.26. The van der Waals surface area contributed by atoms with E-state index in [9.17, 15) is 13.2 Å². The average molecular weight is 244 g/mol. The van der Waals surface area contributed by atoms with Crippen LogP contribution in [0.3, 0.4) is 0 Å². The molecule has 6 heteroatoms. The van der Waals surface area contributed by atoms with E-state index in [-0.39, 0.29) is 11.9 Å². The number of hydrogen-bond donors (Lipinski definition) is 0. The third-order valence-corrected chi connectivity index (χ3v) is 3.19. The molecule has 0 amide bonds. The minimum atomic E-state index is -2.18. The van der Waals surface area contributed by atoms with Crippen LogP contribution in [0.25, 0.3) is 0 Å². The van der Waals surface area contributed by atoms with Gasteiger partial charge in [-0.25, -0.2) is 8.70 Å². The minimum absolute atomic E-state index is 0.150. The quantitative estimate of drug-likeness (QED) is 0.747. The molecule has 1 saturated heterocycles. The normalized spacial score (nSPS) is 23.2. The number of hydrogen-bond acceptors (Lipinski definition) is 3. The molecule has 2 rings (SSSR count). The van der Waals surface area contributed by atoms with Crippen molar-refractivity contribution in [1.82, 2.24) is 4.31 Å². The molecule has 1 heterocycles. The standard InChI is InChI=1S/C10H12FNO3S/c11-8-1-3-9(4-2-8)15-10-5-6-12(7-10)16(13)14/h1-4,10H,5-7H2,(H,13,14)/p-1. The number of nitrogens with zero attached hydrogens (tertiary/aromatic N) is 1. The molecule has 0 N–H and O–H groups in total. The molecule has 0 bridgehead atoms. The van der Waals surface area contributed by atoms with E-state index in [0.717, 1.165) is 0 Å². The Hall–Kier alpha value is -0.980. The Kier molecular flexibility index (Phi) is 3.52. The Morgan fingerprint density at radius 3 is 2.69 bits per heavy atom. The molecule has 1 fully saturated rings. The zero-order valence-electron chi connectivity index (χ0n) is 8.47. The van der Waals surface area contributed by atoms with Crippen molar-refractivity contribution in [3.63, 3.8) is 0 Å². The highest BCUT2D eigenvalue weighted by Crippen LogP contribution is 2.19.